The minimum atomic E-state index is -2.49. The second-order valence-corrected chi connectivity index (χ2v) is 6.72. The van der Waals surface area contributed by atoms with Crippen LogP contribution in [-0.2, 0) is 18.0 Å². The van der Waals surface area contributed by atoms with Gasteiger partial charge in [-0.1, -0.05) is 19.8 Å². The van der Waals surface area contributed by atoms with Crippen LogP contribution in [0.15, 0.2) is 0 Å². The highest BCUT2D eigenvalue weighted by atomic mass is 28.4. The topological polar surface area (TPSA) is 36.9 Å². The number of unbranched alkanes of at least 4 members (excludes halogenated alkanes) is 1. The smallest absolute Gasteiger partial charge is 0.379 e. The van der Waals surface area contributed by atoms with Crippen LogP contribution < -0.4 is 0 Å². The standard InChI is InChI=1S/C11H26O4Si/c1-6-8-9-11(15-7-2)10-16(12-3,13-4)14-5/h11H,6-10H2,1-5H3. The first-order valence-electron chi connectivity index (χ1n) is 5.95. The molecule has 1 atom stereocenters. The van der Waals surface area contributed by atoms with Gasteiger partial charge in [0.2, 0.25) is 0 Å². The molecule has 0 rings (SSSR count). The minimum absolute atomic E-state index is 0.177. The summed E-state index contributed by atoms with van der Waals surface area (Å²) in [5.41, 5.74) is 0. The highest BCUT2D eigenvalue weighted by Crippen LogP contribution is 2.20. The van der Waals surface area contributed by atoms with Crippen LogP contribution in [0, 0.1) is 0 Å². The van der Waals surface area contributed by atoms with E-state index in [0.29, 0.717) is 0 Å². The van der Waals surface area contributed by atoms with Crippen LogP contribution in [0.25, 0.3) is 0 Å². The van der Waals surface area contributed by atoms with E-state index in [1.165, 1.54) is 6.42 Å². The van der Waals surface area contributed by atoms with Gasteiger partial charge in [0.1, 0.15) is 0 Å². The third kappa shape index (κ3) is 5.40. The second kappa shape index (κ2) is 9.12. The fraction of sp³-hybridized carbons (Fsp3) is 1.00. The van der Waals surface area contributed by atoms with Gasteiger partial charge in [-0.15, -0.1) is 0 Å². The second-order valence-electron chi connectivity index (χ2n) is 3.72. The maximum Gasteiger partial charge on any atom is 0.502 e. The van der Waals surface area contributed by atoms with Gasteiger partial charge in [-0.3, -0.25) is 0 Å². The van der Waals surface area contributed by atoms with Crippen molar-refractivity contribution in [2.45, 2.75) is 45.3 Å². The van der Waals surface area contributed by atoms with Crippen LogP contribution in [-0.4, -0.2) is 42.8 Å². The summed E-state index contributed by atoms with van der Waals surface area (Å²) in [6.07, 6.45) is 3.54. The number of hydrogen-bond acceptors (Lipinski definition) is 4. The summed E-state index contributed by atoms with van der Waals surface area (Å²) in [6, 6.07) is 0.727. The van der Waals surface area contributed by atoms with Crippen molar-refractivity contribution in [2.24, 2.45) is 0 Å². The van der Waals surface area contributed by atoms with Crippen LogP contribution in [0.4, 0.5) is 0 Å². The first-order valence-corrected chi connectivity index (χ1v) is 7.88. The average Bonchev–Trinajstić information content (AvgIpc) is 2.33. The Morgan fingerprint density at radius 3 is 1.94 bits per heavy atom. The van der Waals surface area contributed by atoms with Crippen LogP contribution >= 0.6 is 0 Å². The van der Waals surface area contributed by atoms with Gasteiger partial charge in [0.05, 0.1) is 6.10 Å². The molecule has 0 heterocycles. The number of hydrogen-bond donors (Lipinski definition) is 0. The molecule has 4 nitrogen and oxygen atoms in total. The molecule has 16 heavy (non-hydrogen) atoms. The molecule has 0 aliphatic rings. The van der Waals surface area contributed by atoms with Crippen molar-refractivity contribution >= 4 is 8.80 Å². The Kier molecular flexibility index (Phi) is 9.16. The lowest BCUT2D eigenvalue weighted by Gasteiger charge is -2.28. The van der Waals surface area contributed by atoms with E-state index < -0.39 is 8.80 Å². The lowest BCUT2D eigenvalue weighted by molar-refractivity contribution is 0.0429. The molecule has 0 saturated carbocycles. The quantitative estimate of drug-likeness (QED) is 0.558. The molecule has 0 aromatic rings. The summed E-state index contributed by atoms with van der Waals surface area (Å²) < 4.78 is 21.9. The molecule has 0 aliphatic heterocycles. The first kappa shape index (κ1) is 16.1. The van der Waals surface area contributed by atoms with Crippen LogP contribution in [0.5, 0.6) is 0 Å². The van der Waals surface area contributed by atoms with E-state index >= 15 is 0 Å². The first-order chi connectivity index (χ1) is 7.67. The molecule has 5 heteroatoms. The lowest BCUT2D eigenvalue weighted by atomic mass is 10.2. The maximum absolute atomic E-state index is 5.70. The highest BCUT2D eigenvalue weighted by molar-refractivity contribution is 6.60. The Morgan fingerprint density at radius 1 is 1.00 bits per heavy atom. The summed E-state index contributed by atoms with van der Waals surface area (Å²) in [4.78, 5) is 0. The fourth-order valence-electron chi connectivity index (χ4n) is 1.69. The van der Waals surface area contributed by atoms with Gasteiger partial charge in [-0.25, -0.2) is 0 Å². The minimum Gasteiger partial charge on any atom is -0.379 e. The van der Waals surface area contributed by atoms with Crippen LogP contribution in [0.2, 0.25) is 6.04 Å². The van der Waals surface area contributed by atoms with Crippen LogP contribution in [0.1, 0.15) is 33.1 Å². The molecule has 0 aliphatic carbocycles. The van der Waals surface area contributed by atoms with Gasteiger partial charge >= 0.3 is 8.80 Å². The summed E-state index contributed by atoms with van der Waals surface area (Å²) >= 11 is 0. The largest absolute Gasteiger partial charge is 0.502 e. The van der Waals surface area contributed by atoms with E-state index in [-0.39, 0.29) is 6.10 Å². The highest BCUT2D eigenvalue weighted by Gasteiger charge is 2.40. The Labute approximate surface area is 101 Å². The molecule has 0 saturated heterocycles. The van der Waals surface area contributed by atoms with Gasteiger partial charge in [0, 0.05) is 34.0 Å². The van der Waals surface area contributed by atoms with Crippen molar-refractivity contribution in [1.29, 1.82) is 0 Å². The zero-order valence-corrected chi connectivity index (χ0v) is 12.2. The van der Waals surface area contributed by atoms with Gasteiger partial charge in [0.25, 0.3) is 0 Å². The molecule has 0 aromatic carbocycles. The van der Waals surface area contributed by atoms with Gasteiger partial charge in [-0.2, -0.15) is 0 Å². The Morgan fingerprint density at radius 2 is 1.56 bits per heavy atom. The summed E-state index contributed by atoms with van der Waals surface area (Å²) in [7, 11) is 2.43. The third-order valence-corrected chi connectivity index (χ3v) is 5.51. The zero-order valence-electron chi connectivity index (χ0n) is 11.2. The molecule has 0 N–H and O–H groups in total. The molecule has 0 bridgehead atoms. The fourth-order valence-corrected chi connectivity index (χ4v) is 3.57. The van der Waals surface area contributed by atoms with Gasteiger partial charge in [-0.05, 0) is 13.3 Å². The molecule has 0 fully saturated rings. The van der Waals surface area contributed by atoms with Crippen molar-refractivity contribution in [2.75, 3.05) is 27.9 Å². The lowest BCUT2D eigenvalue weighted by Crippen LogP contribution is -2.46. The molecule has 0 amide bonds. The predicted molar refractivity (Wildman–Crippen MR) is 66.5 cm³/mol. The van der Waals surface area contributed by atoms with Gasteiger partial charge < -0.3 is 18.0 Å². The van der Waals surface area contributed by atoms with E-state index in [2.05, 4.69) is 6.92 Å². The van der Waals surface area contributed by atoms with E-state index in [0.717, 1.165) is 25.5 Å². The monoisotopic (exact) mass is 250 g/mol. The van der Waals surface area contributed by atoms with Crippen molar-refractivity contribution in [3.8, 4) is 0 Å². The van der Waals surface area contributed by atoms with Crippen molar-refractivity contribution in [1.82, 2.24) is 0 Å². The van der Waals surface area contributed by atoms with Crippen molar-refractivity contribution in [3.05, 3.63) is 0 Å². The number of ether oxygens (including phenoxy) is 1. The normalized spacial score (nSPS) is 14.1. The molecule has 0 aromatic heterocycles. The maximum atomic E-state index is 5.70. The van der Waals surface area contributed by atoms with E-state index in [1.807, 2.05) is 6.92 Å². The summed E-state index contributed by atoms with van der Waals surface area (Å²) in [6.45, 7) is 4.90. The van der Waals surface area contributed by atoms with Crippen LogP contribution in [0.3, 0.4) is 0 Å². The summed E-state index contributed by atoms with van der Waals surface area (Å²) in [5, 5.41) is 0. The molecule has 0 radical (unpaired) electrons. The van der Waals surface area contributed by atoms with E-state index in [9.17, 15) is 0 Å². The van der Waals surface area contributed by atoms with E-state index in [4.69, 9.17) is 18.0 Å². The summed E-state index contributed by atoms with van der Waals surface area (Å²) in [5.74, 6) is 0. The van der Waals surface area contributed by atoms with Crippen molar-refractivity contribution in [3.63, 3.8) is 0 Å². The Hall–Kier alpha value is 0.0569. The van der Waals surface area contributed by atoms with E-state index in [1.54, 1.807) is 21.3 Å². The molecular weight excluding hydrogens is 224 g/mol. The third-order valence-electron chi connectivity index (χ3n) is 2.69. The SMILES string of the molecule is CCCCC(C[Si](OC)(OC)OC)OCC. The molecular formula is C11H26O4Si. The Bertz CT molecular complexity index is 154. The molecule has 1 unspecified atom stereocenters. The molecule has 98 valence electrons. The predicted octanol–water partition coefficient (Wildman–Crippen LogP) is 2.46. The van der Waals surface area contributed by atoms with Gasteiger partial charge in [0.15, 0.2) is 0 Å². The van der Waals surface area contributed by atoms with Crippen molar-refractivity contribution < 1.29 is 18.0 Å². The number of rotatable bonds is 10. The average molecular weight is 250 g/mol. The zero-order chi connectivity index (χ0) is 12.4. The Balaban J connectivity index is 4.31. The molecule has 0 spiro atoms.